The van der Waals surface area contributed by atoms with Gasteiger partial charge in [0.05, 0.1) is 18.6 Å². The van der Waals surface area contributed by atoms with Crippen molar-refractivity contribution in [1.29, 1.82) is 0 Å². The van der Waals surface area contributed by atoms with Crippen molar-refractivity contribution in [2.45, 2.75) is 39.0 Å². The Labute approximate surface area is 104 Å². The summed E-state index contributed by atoms with van der Waals surface area (Å²) in [6, 6.07) is -1.11. The van der Waals surface area contributed by atoms with E-state index in [1.165, 1.54) is 0 Å². The highest BCUT2D eigenvalue weighted by molar-refractivity contribution is 5.84. The topological polar surface area (TPSA) is 55.6 Å². The highest BCUT2D eigenvalue weighted by Crippen LogP contribution is 2.31. The molecule has 18 heavy (non-hydrogen) atoms. The maximum Gasteiger partial charge on any atom is 0.406 e. The third-order valence-electron chi connectivity index (χ3n) is 3.24. The molecule has 1 amide bonds. The maximum atomic E-state index is 12.5. The molecule has 1 rings (SSSR count). The Morgan fingerprint density at radius 3 is 2.44 bits per heavy atom. The summed E-state index contributed by atoms with van der Waals surface area (Å²) < 4.78 is 42.5. The molecule has 2 atom stereocenters. The number of hydrogen-bond acceptors (Lipinski definition) is 3. The number of carbonyl (C=O) groups is 1. The van der Waals surface area contributed by atoms with E-state index in [0.29, 0.717) is 0 Å². The molecular formula is C11H19F3N2O2. The van der Waals surface area contributed by atoms with Crippen LogP contribution in [0.2, 0.25) is 0 Å². The van der Waals surface area contributed by atoms with Crippen molar-refractivity contribution < 1.29 is 22.7 Å². The van der Waals surface area contributed by atoms with Crippen molar-refractivity contribution >= 4 is 5.91 Å². The largest absolute Gasteiger partial charge is 0.406 e. The summed E-state index contributed by atoms with van der Waals surface area (Å²) in [4.78, 5) is 13.1. The zero-order valence-corrected chi connectivity index (χ0v) is 10.8. The molecule has 0 spiro atoms. The Morgan fingerprint density at radius 1 is 1.56 bits per heavy atom. The highest BCUT2D eigenvalue weighted by Gasteiger charge is 2.48. The lowest BCUT2D eigenvalue weighted by atomic mass is 9.84. The van der Waals surface area contributed by atoms with Gasteiger partial charge in [0, 0.05) is 12.1 Å². The highest BCUT2D eigenvalue weighted by atomic mass is 19.4. The number of alkyl halides is 3. The van der Waals surface area contributed by atoms with Gasteiger partial charge in [-0.3, -0.25) is 4.79 Å². The second-order valence-corrected chi connectivity index (χ2v) is 5.18. The van der Waals surface area contributed by atoms with Crippen molar-refractivity contribution in [2.24, 2.45) is 11.1 Å². The maximum absolute atomic E-state index is 12.5. The molecule has 2 unspecified atom stereocenters. The smallest absolute Gasteiger partial charge is 0.379 e. The van der Waals surface area contributed by atoms with Gasteiger partial charge in [-0.05, 0) is 20.8 Å². The average Bonchev–Trinajstić information content (AvgIpc) is 2.54. The van der Waals surface area contributed by atoms with Gasteiger partial charge < -0.3 is 15.4 Å². The van der Waals surface area contributed by atoms with Crippen molar-refractivity contribution in [2.75, 3.05) is 19.8 Å². The molecule has 1 fully saturated rings. The van der Waals surface area contributed by atoms with E-state index in [0.717, 1.165) is 4.90 Å². The Kier molecular flexibility index (Phi) is 4.27. The van der Waals surface area contributed by atoms with Crippen LogP contribution in [0.5, 0.6) is 0 Å². The summed E-state index contributed by atoms with van der Waals surface area (Å²) in [5.41, 5.74) is 4.69. The fourth-order valence-corrected chi connectivity index (χ4v) is 1.92. The van der Waals surface area contributed by atoms with E-state index < -0.39 is 36.1 Å². The summed E-state index contributed by atoms with van der Waals surface area (Å²) in [5.74, 6) is -0.597. The van der Waals surface area contributed by atoms with Crippen LogP contribution < -0.4 is 5.73 Å². The van der Waals surface area contributed by atoms with Crippen LogP contribution in [0.1, 0.15) is 20.8 Å². The third-order valence-corrected chi connectivity index (χ3v) is 3.24. The number of nitrogens with two attached hydrogens (primary N) is 1. The standard InChI is InChI=1S/C11H19F3N2O2/c1-7(2)16(5-11(12,13)14)9(17)10(3)6-18-4-8(10)15/h7-8H,4-6,15H2,1-3H3. The molecule has 0 aromatic heterocycles. The van der Waals surface area contributed by atoms with Gasteiger partial charge in [-0.2, -0.15) is 13.2 Å². The van der Waals surface area contributed by atoms with E-state index >= 15 is 0 Å². The van der Waals surface area contributed by atoms with E-state index in [1.54, 1.807) is 20.8 Å². The van der Waals surface area contributed by atoms with Gasteiger partial charge in [0.1, 0.15) is 6.54 Å². The molecule has 1 aliphatic rings. The fourth-order valence-electron chi connectivity index (χ4n) is 1.92. The second-order valence-electron chi connectivity index (χ2n) is 5.18. The normalized spacial score (nSPS) is 28.8. The third kappa shape index (κ3) is 3.14. The lowest BCUT2D eigenvalue weighted by Gasteiger charge is -2.36. The first-order chi connectivity index (χ1) is 8.08. The predicted octanol–water partition coefficient (Wildman–Crippen LogP) is 1.15. The van der Waals surface area contributed by atoms with Crippen LogP contribution in [0, 0.1) is 5.41 Å². The predicted molar refractivity (Wildman–Crippen MR) is 59.8 cm³/mol. The average molecular weight is 268 g/mol. The molecule has 1 aliphatic heterocycles. The minimum absolute atomic E-state index is 0.0636. The lowest BCUT2D eigenvalue weighted by molar-refractivity contribution is -0.171. The quantitative estimate of drug-likeness (QED) is 0.835. The molecule has 0 aliphatic carbocycles. The van der Waals surface area contributed by atoms with Crippen molar-refractivity contribution in [3.63, 3.8) is 0 Å². The number of amides is 1. The first-order valence-electron chi connectivity index (χ1n) is 5.79. The van der Waals surface area contributed by atoms with E-state index in [1.807, 2.05) is 0 Å². The summed E-state index contributed by atoms with van der Waals surface area (Å²) in [6.45, 7) is 3.65. The number of carbonyl (C=O) groups excluding carboxylic acids is 1. The first-order valence-corrected chi connectivity index (χ1v) is 5.79. The van der Waals surface area contributed by atoms with Gasteiger partial charge in [-0.25, -0.2) is 0 Å². The Balaban J connectivity index is 2.90. The Bertz CT molecular complexity index is 320. The van der Waals surface area contributed by atoms with Crippen molar-refractivity contribution in [1.82, 2.24) is 4.90 Å². The molecule has 2 N–H and O–H groups in total. The van der Waals surface area contributed by atoms with Crippen LogP contribution in [-0.2, 0) is 9.53 Å². The number of hydrogen-bond donors (Lipinski definition) is 1. The minimum Gasteiger partial charge on any atom is -0.379 e. The first kappa shape index (κ1) is 15.2. The molecule has 0 aromatic carbocycles. The van der Waals surface area contributed by atoms with Crippen LogP contribution in [0.15, 0.2) is 0 Å². The zero-order valence-electron chi connectivity index (χ0n) is 10.8. The molecule has 4 nitrogen and oxygen atoms in total. The number of nitrogens with zero attached hydrogens (tertiary/aromatic N) is 1. The molecule has 0 saturated carbocycles. The number of halogens is 3. The lowest BCUT2D eigenvalue weighted by Crippen LogP contribution is -2.55. The van der Waals surface area contributed by atoms with Gasteiger partial charge in [0.25, 0.3) is 0 Å². The molecule has 0 radical (unpaired) electrons. The summed E-state index contributed by atoms with van der Waals surface area (Å²) in [5, 5.41) is 0. The zero-order chi connectivity index (χ0) is 14.1. The summed E-state index contributed by atoms with van der Waals surface area (Å²) in [7, 11) is 0. The van der Waals surface area contributed by atoms with Crippen molar-refractivity contribution in [3.8, 4) is 0 Å². The molecule has 1 heterocycles. The van der Waals surface area contributed by atoms with Crippen LogP contribution in [0.25, 0.3) is 0 Å². The van der Waals surface area contributed by atoms with E-state index in [2.05, 4.69) is 0 Å². The second kappa shape index (κ2) is 5.05. The van der Waals surface area contributed by atoms with Gasteiger partial charge in [-0.1, -0.05) is 0 Å². The van der Waals surface area contributed by atoms with Crippen LogP contribution in [0.3, 0.4) is 0 Å². The summed E-state index contributed by atoms with van der Waals surface area (Å²) >= 11 is 0. The van der Waals surface area contributed by atoms with Gasteiger partial charge in [-0.15, -0.1) is 0 Å². The van der Waals surface area contributed by atoms with E-state index in [-0.39, 0.29) is 13.2 Å². The molecule has 106 valence electrons. The van der Waals surface area contributed by atoms with Gasteiger partial charge in [0.15, 0.2) is 0 Å². The molecule has 1 saturated heterocycles. The SMILES string of the molecule is CC(C)N(CC(F)(F)F)C(=O)C1(C)COCC1N. The van der Waals surface area contributed by atoms with Crippen molar-refractivity contribution in [3.05, 3.63) is 0 Å². The summed E-state index contributed by atoms with van der Waals surface area (Å²) in [6.07, 6.45) is -4.42. The van der Waals surface area contributed by atoms with Gasteiger partial charge >= 0.3 is 6.18 Å². The number of ether oxygens (including phenoxy) is 1. The van der Waals surface area contributed by atoms with Crippen LogP contribution in [-0.4, -0.2) is 48.8 Å². The van der Waals surface area contributed by atoms with E-state index in [9.17, 15) is 18.0 Å². The molecule has 7 heteroatoms. The molecule has 0 aromatic rings. The van der Waals surface area contributed by atoms with Gasteiger partial charge in [0.2, 0.25) is 5.91 Å². The minimum atomic E-state index is -4.42. The molecule has 0 bridgehead atoms. The Morgan fingerprint density at radius 2 is 2.11 bits per heavy atom. The van der Waals surface area contributed by atoms with Crippen LogP contribution in [0.4, 0.5) is 13.2 Å². The monoisotopic (exact) mass is 268 g/mol. The number of rotatable bonds is 3. The fraction of sp³-hybridized carbons (Fsp3) is 0.909. The van der Waals surface area contributed by atoms with Crippen LogP contribution >= 0.6 is 0 Å². The Hall–Kier alpha value is -0.820. The molecular weight excluding hydrogens is 249 g/mol. The van der Waals surface area contributed by atoms with E-state index in [4.69, 9.17) is 10.5 Å².